The molecule has 134 valence electrons. The molecule has 3 atom stereocenters. The van der Waals surface area contributed by atoms with Crippen LogP contribution in [0.2, 0.25) is 0 Å². The van der Waals surface area contributed by atoms with Crippen LogP contribution >= 0.6 is 0 Å². The lowest BCUT2D eigenvalue weighted by Crippen LogP contribution is -2.21. The molecule has 0 amide bonds. The number of carbonyl (C=O) groups is 1. The molecule has 26 heavy (non-hydrogen) atoms. The molecule has 0 spiro atoms. The predicted molar refractivity (Wildman–Crippen MR) is 94.3 cm³/mol. The smallest absolute Gasteiger partial charge is 0.167 e. The van der Waals surface area contributed by atoms with Gasteiger partial charge < -0.3 is 15.6 Å². The van der Waals surface area contributed by atoms with E-state index in [0.717, 1.165) is 0 Å². The number of nitrogens with zero attached hydrogens (tertiary/aromatic N) is 4. The zero-order valence-electron chi connectivity index (χ0n) is 14.0. The third-order valence-electron chi connectivity index (χ3n) is 4.65. The van der Waals surface area contributed by atoms with Crippen LogP contribution in [0.4, 0.5) is 5.82 Å². The molecule has 0 radical (unpaired) electrons. The molecule has 8 nitrogen and oxygen atoms in total. The lowest BCUT2D eigenvalue weighted by Gasteiger charge is -2.15. The zero-order valence-corrected chi connectivity index (χ0v) is 14.0. The molecule has 3 heterocycles. The van der Waals surface area contributed by atoms with Gasteiger partial charge in [-0.25, -0.2) is 15.0 Å². The van der Waals surface area contributed by atoms with Gasteiger partial charge in [-0.1, -0.05) is 30.3 Å². The van der Waals surface area contributed by atoms with Crippen LogP contribution in [0.15, 0.2) is 43.0 Å². The minimum absolute atomic E-state index is 0.0402. The molecule has 0 aliphatic carbocycles. The SMILES string of the molecule is Nc1ncnc2c1ncn2[C@H]1C[C@H](O)[C@@H](CCC(=O)c2ccccc2)O1. The number of nitrogens with two attached hydrogens (primary N) is 1. The van der Waals surface area contributed by atoms with Gasteiger partial charge in [-0.3, -0.25) is 9.36 Å². The third kappa shape index (κ3) is 3.04. The highest BCUT2D eigenvalue weighted by molar-refractivity contribution is 5.95. The Bertz CT molecular complexity index is 927. The molecule has 0 unspecified atom stereocenters. The van der Waals surface area contributed by atoms with E-state index in [2.05, 4.69) is 15.0 Å². The van der Waals surface area contributed by atoms with Gasteiger partial charge in [-0.15, -0.1) is 0 Å². The monoisotopic (exact) mass is 353 g/mol. The number of hydrogen-bond acceptors (Lipinski definition) is 7. The van der Waals surface area contributed by atoms with Crippen molar-refractivity contribution in [1.82, 2.24) is 19.5 Å². The van der Waals surface area contributed by atoms with Crippen molar-refractivity contribution in [2.24, 2.45) is 0 Å². The van der Waals surface area contributed by atoms with Crippen LogP contribution in [0.25, 0.3) is 11.2 Å². The van der Waals surface area contributed by atoms with Crippen molar-refractivity contribution < 1.29 is 14.6 Å². The summed E-state index contributed by atoms with van der Waals surface area (Å²) in [4.78, 5) is 24.6. The van der Waals surface area contributed by atoms with E-state index < -0.39 is 18.4 Å². The number of fused-ring (bicyclic) bond motifs is 1. The standard InChI is InChI=1S/C18H19N5O3/c19-17-16-18(21-9-20-17)23(10-22-16)15-8-13(25)14(26-15)7-6-12(24)11-4-2-1-3-5-11/h1-5,9-10,13-15,25H,6-8H2,(H2,19,20,21)/t13-,14+,15+/m0/s1. The molecule has 0 saturated carbocycles. The van der Waals surface area contributed by atoms with Gasteiger partial charge in [-0.05, 0) is 6.42 Å². The number of ether oxygens (including phenoxy) is 1. The summed E-state index contributed by atoms with van der Waals surface area (Å²) in [6, 6.07) is 9.12. The van der Waals surface area contributed by atoms with E-state index in [1.54, 1.807) is 23.0 Å². The van der Waals surface area contributed by atoms with Gasteiger partial charge in [0.25, 0.3) is 0 Å². The highest BCUT2D eigenvalue weighted by atomic mass is 16.5. The first kappa shape index (κ1) is 16.6. The maximum Gasteiger partial charge on any atom is 0.167 e. The largest absolute Gasteiger partial charge is 0.390 e. The van der Waals surface area contributed by atoms with E-state index in [1.165, 1.54) is 6.33 Å². The normalized spacial score (nSPS) is 22.7. The Morgan fingerprint density at radius 2 is 2.08 bits per heavy atom. The number of aromatic nitrogens is 4. The van der Waals surface area contributed by atoms with Crippen molar-refractivity contribution in [3.05, 3.63) is 48.5 Å². The molecular weight excluding hydrogens is 334 g/mol. The molecule has 8 heteroatoms. The first-order chi connectivity index (χ1) is 12.6. The van der Waals surface area contributed by atoms with Crippen molar-refractivity contribution >= 4 is 22.8 Å². The molecule has 3 aromatic rings. The Labute approximate surface area is 149 Å². The van der Waals surface area contributed by atoms with E-state index in [0.29, 0.717) is 41.8 Å². The van der Waals surface area contributed by atoms with Crippen molar-refractivity contribution in [2.45, 2.75) is 37.7 Å². The van der Waals surface area contributed by atoms with Crippen molar-refractivity contribution in [3.8, 4) is 0 Å². The zero-order chi connectivity index (χ0) is 18.1. The van der Waals surface area contributed by atoms with Gasteiger partial charge in [0.2, 0.25) is 0 Å². The van der Waals surface area contributed by atoms with Crippen LogP contribution in [0.1, 0.15) is 35.8 Å². The maximum atomic E-state index is 12.2. The Morgan fingerprint density at radius 1 is 1.27 bits per heavy atom. The van der Waals surface area contributed by atoms with Crippen LogP contribution in [-0.4, -0.2) is 42.6 Å². The molecule has 1 aliphatic heterocycles. The molecule has 3 N–H and O–H groups in total. The second-order valence-corrected chi connectivity index (χ2v) is 6.34. The van der Waals surface area contributed by atoms with Gasteiger partial charge in [0.1, 0.15) is 18.1 Å². The molecule has 1 aliphatic rings. The molecule has 1 fully saturated rings. The summed E-state index contributed by atoms with van der Waals surface area (Å²) in [6.45, 7) is 0. The molecular formula is C18H19N5O3. The van der Waals surface area contributed by atoms with Gasteiger partial charge in [-0.2, -0.15) is 0 Å². The van der Waals surface area contributed by atoms with Crippen LogP contribution in [0.3, 0.4) is 0 Å². The van der Waals surface area contributed by atoms with E-state index in [1.807, 2.05) is 18.2 Å². The van der Waals surface area contributed by atoms with Gasteiger partial charge in [0.05, 0.1) is 18.5 Å². The third-order valence-corrected chi connectivity index (χ3v) is 4.65. The average molecular weight is 353 g/mol. The minimum atomic E-state index is -0.653. The predicted octanol–water partition coefficient (Wildman–Crippen LogP) is 1.72. The number of aliphatic hydroxyl groups is 1. The van der Waals surface area contributed by atoms with E-state index in [-0.39, 0.29) is 5.78 Å². The number of anilines is 1. The number of rotatable bonds is 5. The van der Waals surface area contributed by atoms with Crippen LogP contribution in [0, 0.1) is 0 Å². The maximum absolute atomic E-state index is 12.2. The lowest BCUT2D eigenvalue weighted by molar-refractivity contribution is -0.0209. The highest BCUT2D eigenvalue weighted by Crippen LogP contribution is 2.33. The summed E-state index contributed by atoms with van der Waals surface area (Å²) >= 11 is 0. The average Bonchev–Trinajstić information content (AvgIpc) is 3.25. The van der Waals surface area contributed by atoms with Crippen molar-refractivity contribution in [1.29, 1.82) is 0 Å². The fourth-order valence-corrected chi connectivity index (χ4v) is 3.27. The summed E-state index contributed by atoms with van der Waals surface area (Å²) in [5.74, 6) is 0.343. The second-order valence-electron chi connectivity index (χ2n) is 6.34. The Balaban J connectivity index is 1.44. The number of ketones is 1. The molecule has 4 rings (SSSR count). The second kappa shape index (κ2) is 6.81. The Hall–Kier alpha value is -2.84. The van der Waals surface area contributed by atoms with Crippen LogP contribution in [-0.2, 0) is 4.74 Å². The Kier molecular flexibility index (Phi) is 4.36. The van der Waals surface area contributed by atoms with Crippen molar-refractivity contribution in [2.75, 3.05) is 5.73 Å². The Morgan fingerprint density at radius 3 is 2.88 bits per heavy atom. The summed E-state index contributed by atoms with van der Waals surface area (Å²) in [7, 11) is 0. The summed E-state index contributed by atoms with van der Waals surface area (Å²) < 4.78 is 7.72. The van der Waals surface area contributed by atoms with E-state index in [4.69, 9.17) is 10.5 Å². The molecule has 1 aromatic carbocycles. The number of hydrogen-bond donors (Lipinski definition) is 2. The number of aliphatic hydroxyl groups excluding tert-OH is 1. The van der Waals surface area contributed by atoms with Crippen LogP contribution in [0.5, 0.6) is 0 Å². The first-order valence-corrected chi connectivity index (χ1v) is 8.48. The number of nitrogen functional groups attached to an aromatic ring is 1. The van der Waals surface area contributed by atoms with E-state index in [9.17, 15) is 9.90 Å². The molecule has 1 saturated heterocycles. The number of Topliss-reactive ketones (excluding diaryl/α,β-unsaturated/α-hetero) is 1. The molecule has 0 bridgehead atoms. The van der Waals surface area contributed by atoms with Gasteiger partial charge >= 0.3 is 0 Å². The fraction of sp³-hybridized carbons (Fsp3) is 0.333. The summed E-state index contributed by atoms with van der Waals surface area (Å²) in [5.41, 5.74) is 7.55. The lowest BCUT2D eigenvalue weighted by atomic mass is 10.0. The van der Waals surface area contributed by atoms with Gasteiger partial charge in [0, 0.05) is 18.4 Å². The minimum Gasteiger partial charge on any atom is -0.390 e. The van der Waals surface area contributed by atoms with Crippen molar-refractivity contribution in [3.63, 3.8) is 0 Å². The molecule has 2 aromatic heterocycles. The number of carbonyl (C=O) groups excluding carboxylic acids is 1. The first-order valence-electron chi connectivity index (χ1n) is 8.48. The number of imidazole rings is 1. The topological polar surface area (TPSA) is 116 Å². The van der Waals surface area contributed by atoms with Gasteiger partial charge in [0.15, 0.2) is 17.2 Å². The summed E-state index contributed by atoms with van der Waals surface area (Å²) in [6.07, 6.45) is 2.67. The van der Waals surface area contributed by atoms with E-state index >= 15 is 0 Å². The quantitative estimate of drug-likeness (QED) is 0.671. The highest BCUT2D eigenvalue weighted by Gasteiger charge is 2.35. The summed E-state index contributed by atoms with van der Waals surface area (Å²) in [5, 5.41) is 10.3. The number of benzene rings is 1. The van der Waals surface area contributed by atoms with Crippen LogP contribution < -0.4 is 5.73 Å². The fourth-order valence-electron chi connectivity index (χ4n) is 3.27.